The summed E-state index contributed by atoms with van der Waals surface area (Å²) in [6.45, 7) is 4.27. The van der Waals surface area contributed by atoms with Crippen molar-refractivity contribution in [2.45, 2.75) is 26.9 Å². The van der Waals surface area contributed by atoms with Crippen molar-refractivity contribution < 1.29 is 9.59 Å². The van der Waals surface area contributed by atoms with Gasteiger partial charge >= 0.3 is 0 Å². The molecule has 0 fully saturated rings. The van der Waals surface area contributed by atoms with Crippen LogP contribution in [0.5, 0.6) is 0 Å². The van der Waals surface area contributed by atoms with Gasteiger partial charge < -0.3 is 15.2 Å². The van der Waals surface area contributed by atoms with Gasteiger partial charge in [-0.25, -0.2) is 4.98 Å². The first-order chi connectivity index (χ1) is 15.0. The molecule has 0 spiro atoms. The van der Waals surface area contributed by atoms with Crippen LogP contribution < -0.4 is 10.6 Å². The minimum Gasteiger partial charge on any atom is -0.345 e. The number of benzene rings is 3. The molecule has 0 aliphatic carbocycles. The van der Waals surface area contributed by atoms with E-state index in [2.05, 4.69) is 15.6 Å². The molecule has 156 valence electrons. The first kappa shape index (κ1) is 20.3. The third kappa shape index (κ3) is 4.48. The number of nitrogens with zero attached hydrogens (tertiary/aromatic N) is 2. The molecule has 0 unspecified atom stereocenters. The van der Waals surface area contributed by atoms with Gasteiger partial charge in [-0.3, -0.25) is 9.59 Å². The lowest BCUT2D eigenvalue weighted by molar-refractivity contribution is -0.116. The van der Waals surface area contributed by atoms with Crippen molar-refractivity contribution >= 4 is 28.5 Å². The monoisotopic (exact) mass is 412 g/mol. The van der Waals surface area contributed by atoms with Crippen LogP contribution in [0.3, 0.4) is 0 Å². The largest absolute Gasteiger partial charge is 0.345 e. The molecule has 3 aromatic carbocycles. The minimum absolute atomic E-state index is 0.102. The summed E-state index contributed by atoms with van der Waals surface area (Å²) < 4.78 is 1.85. The molecule has 0 saturated carbocycles. The van der Waals surface area contributed by atoms with Gasteiger partial charge in [-0.05, 0) is 49.2 Å². The Kier molecular flexibility index (Phi) is 5.80. The number of aromatic nitrogens is 2. The topological polar surface area (TPSA) is 76.0 Å². The molecule has 1 aromatic heterocycles. The molecular weight excluding hydrogens is 388 g/mol. The van der Waals surface area contributed by atoms with Gasteiger partial charge in [0, 0.05) is 11.3 Å². The van der Waals surface area contributed by atoms with E-state index in [1.54, 1.807) is 12.1 Å². The maximum absolute atomic E-state index is 12.9. The number of carbonyl (C=O) groups is 2. The van der Waals surface area contributed by atoms with Gasteiger partial charge in [0.15, 0.2) is 0 Å². The third-order valence-corrected chi connectivity index (χ3v) is 5.22. The SMILES string of the molecule is Cc1cccc(C)c1NC(=O)Cn1c(CNC(=O)c2ccccc2)nc2ccccc21. The molecule has 4 aromatic rings. The Bertz CT molecular complexity index is 1220. The van der Waals surface area contributed by atoms with E-state index in [0.717, 1.165) is 27.8 Å². The lowest BCUT2D eigenvalue weighted by Crippen LogP contribution is -2.26. The predicted molar refractivity (Wildman–Crippen MR) is 122 cm³/mol. The number of imidazole rings is 1. The van der Waals surface area contributed by atoms with E-state index >= 15 is 0 Å². The molecule has 1 heterocycles. The van der Waals surface area contributed by atoms with Crippen LogP contribution in [0.25, 0.3) is 11.0 Å². The van der Waals surface area contributed by atoms with Crippen LogP contribution in [0.1, 0.15) is 27.3 Å². The molecule has 2 amide bonds. The number of para-hydroxylation sites is 3. The first-order valence-corrected chi connectivity index (χ1v) is 10.2. The van der Waals surface area contributed by atoms with Gasteiger partial charge in [-0.1, -0.05) is 48.5 Å². The molecule has 0 aliphatic rings. The summed E-state index contributed by atoms with van der Waals surface area (Å²) in [7, 11) is 0. The lowest BCUT2D eigenvalue weighted by Gasteiger charge is -2.14. The highest BCUT2D eigenvalue weighted by molar-refractivity contribution is 5.94. The van der Waals surface area contributed by atoms with Crippen LogP contribution in [-0.2, 0) is 17.9 Å². The van der Waals surface area contributed by atoms with Crippen molar-refractivity contribution in [1.29, 1.82) is 0 Å². The lowest BCUT2D eigenvalue weighted by atomic mass is 10.1. The van der Waals surface area contributed by atoms with Crippen molar-refractivity contribution in [1.82, 2.24) is 14.9 Å². The van der Waals surface area contributed by atoms with E-state index in [0.29, 0.717) is 11.4 Å². The minimum atomic E-state index is -0.181. The summed E-state index contributed by atoms with van der Waals surface area (Å²) in [6, 6.07) is 22.6. The Hall–Kier alpha value is -3.93. The molecule has 0 radical (unpaired) electrons. The average Bonchev–Trinajstić information content (AvgIpc) is 3.12. The molecule has 6 heteroatoms. The highest BCUT2D eigenvalue weighted by atomic mass is 16.2. The summed E-state index contributed by atoms with van der Waals surface area (Å²) in [5.74, 6) is 0.303. The summed E-state index contributed by atoms with van der Waals surface area (Å²) in [4.78, 5) is 30.0. The normalized spacial score (nSPS) is 10.8. The van der Waals surface area contributed by atoms with Crippen LogP contribution in [0, 0.1) is 13.8 Å². The van der Waals surface area contributed by atoms with Crippen LogP contribution in [0.2, 0.25) is 0 Å². The van der Waals surface area contributed by atoms with E-state index in [1.807, 2.05) is 79.1 Å². The number of nitrogens with one attached hydrogen (secondary N) is 2. The fourth-order valence-electron chi connectivity index (χ4n) is 3.62. The van der Waals surface area contributed by atoms with Crippen molar-refractivity contribution in [2.24, 2.45) is 0 Å². The second-order valence-electron chi connectivity index (χ2n) is 7.47. The van der Waals surface area contributed by atoms with Gasteiger partial charge in [0.25, 0.3) is 5.91 Å². The Morgan fingerprint density at radius 2 is 1.55 bits per heavy atom. The molecule has 0 atom stereocenters. The number of fused-ring (bicyclic) bond motifs is 1. The third-order valence-electron chi connectivity index (χ3n) is 5.22. The summed E-state index contributed by atoms with van der Waals surface area (Å²) in [5.41, 5.74) is 5.07. The van der Waals surface area contributed by atoms with Crippen molar-refractivity contribution in [2.75, 3.05) is 5.32 Å². The van der Waals surface area contributed by atoms with Crippen LogP contribution in [0.15, 0.2) is 72.8 Å². The number of amides is 2. The quantitative estimate of drug-likeness (QED) is 0.498. The summed E-state index contributed by atoms with van der Waals surface area (Å²) in [6.07, 6.45) is 0. The van der Waals surface area contributed by atoms with E-state index in [-0.39, 0.29) is 24.9 Å². The van der Waals surface area contributed by atoms with E-state index in [9.17, 15) is 9.59 Å². The molecule has 0 aliphatic heterocycles. The summed E-state index contributed by atoms with van der Waals surface area (Å²) >= 11 is 0. The van der Waals surface area contributed by atoms with Gasteiger partial charge in [0.2, 0.25) is 5.91 Å². The number of hydrogen-bond donors (Lipinski definition) is 2. The van der Waals surface area contributed by atoms with E-state index < -0.39 is 0 Å². The number of carbonyl (C=O) groups excluding carboxylic acids is 2. The zero-order valence-electron chi connectivity index (χ0n) is 17.6. The number of anilines is 1. The standard InChI is InChI=1S/C25H24N4O2/c1-17-9-8-10-18(2)24(17)28-23(30)16-29-21-14-7-6-13-20(21)27-22(29)15-26-25(31)19-11-4-3-5-12-19/h3-14H,15-16H2,1-2H3,(H,26,31)(H,28,30). The van der Waals surface area contributed by atoms with Gasteiger partial charge in [-0.2, -0.15) is 0 Å². The molecule has 6 nitrogen and oxygen atoms in total. The fraction of sp³-hybridized carbons (Fsp3) is 0.160. The molecule has 31 heavy (non-hydrogen) atoms. The maximum atomic E-state index is 12.9. The number of hydrogen-bond acceptors (Lipinski definition) is 3. The van der Waals surface area contributed by atoms with Crippen LogP contribution >= 0.6 is 0 Å². The Labute approximate surface area is 180 Å². The van der Waals surface area contributed by atoms with Crippen molar-refractivity contribution in [3.63, 3.8) is 0 Å². The van der Waals surface area contributed by atoms with Crippen molar-refractivity contribution in [3.8, 4) is 0 Å². The summed E-state index contributed by atoms with van der Waals surface area (Å²) in [5, 5.41) is 5.93. The van der Waals surface area contributed by atoms with Gasteiger partial charge in [-0.15, -0.1) is 0 Å². The van der Waals surface area contributed by atoms with Crippen LogP contribution in [-0.4, -0.2) is 21.4 Å². The number of rotatable bonds is 6. The van der Waals surface area contributed by atoms with Crippen molar-refractivity contribution in [3.05, 3.63) is 95.3 Å². The zero-order chi connectivity index (χ0) is 21.8. The second-order valence-corrected chi connectivity index (χ2v) is 7.47. The first-order valence-electron chi connectivity index (χ1n) is 10.2. The highest BCUT2D eigenvalue weighted by Gasteiger charge is 2.16. The van der Waals surface area contributed by atoms with E-state index in [1.165, 1.54) is 0 Å². The second kappa shape index (κ2) is 8.83. The highest BCUT2D eigenvalue weighted by Crippen LogP contribution is 2.21. The fourth-order valence-corrected chi connectivity index (χ4v) is 3.62. The van der Waals surface area contributed by atoms with E-state index in [4.69, 9.17) is 0 Å². The smallest absolute Gasteiger partial charge is 0.251 e. The molecular formula is C25H24N4O2. The molecule has 4 rings (SSSR count). The Morgan fingerprint density at radius 3 is 2.29 bits per heavy atom. The number of aryl methyl sites for hydroxylation is 2. The van der Waals surface area contributed by atoms with Crippen LogP contribution in [0.4, 0.5) is 5.69 Å². The molecule has 2 N–H and O–H groups in total. The zero-order valence-corrected chi connectivity index (χ0v) is 17.6. The van der Waals surface area contributed by atoms with Gasteiger partial charge in [0.05, 0.1) is 17.6 Å². The predicted octanol–water partition coefficient (Wildman–Crippen LogP) is 4.22. The molecule has 0 saturated heterocycles. The Morgan fingerprint density at radius 1 is 0.871 bits per heavy atom. The maximum Gasteiger partial charge on any atom is 0.251 e. The van der Waals surface area contributed by atoms with Gasteiger partial charge in [0.1, 0.15) is 12.4 Å². The Balaban J connectivity index is 1.56. The average molecular weight is 412 g/mol. The molecule has 0 bridgehead atoms.